The summed E-state index contributed by atoms with van der Waals surface area (Å²) in [6.45, 7) is 0. The molecule has 9 unspecified atom stereocenters. The van der Waals surface area contributed by atoms with Crippen molar-refractivity contribution in [2.75, 3.05) is 14.2 Å². The number of ether oxygens (including phenoxy) is 7. The fourth-order valence-corrected chi connectivity index (χ4v) is 6.55. The van der Waals surface area contributed by atoms with Crippen molar-refractivity contribution in [2.24, 2.45) is 11.5 Å². The summed E-state index contributed by atoms with van der Waals surface area (Å²) in [5.41, 5.74) is 14.2. The summed E-state index contributed by atoms with van der Waals surface area (Å²) in [4.78, 5) is 23.1. The van der Waals surface area contributed by atoms with E-state index in [-0.39, 0.29) is 17.8 Å². The van der Waals surface area contributed by atoms with Gasteiger partial charge >= 0.3 is 11.9 Å². The van der Waals surface area contributed by atoms with Crippen LogP contribution in [0, 0.1) is 0 Å². The van der Waals surface area contributed by atoms with Crippen molar-refractivity contribution < 1.29 is 63.2 Å². The van der Waals surface area contributed by atoms with Crippen LogP contribution < -0.4 is 35.2 Å². The second-order valence-electron chi connectivity index (χ2n) is 12.0. The molecule has 0 aromatic heterocycles. The lowest BCUT2D eigenvalue weighted by molar-refractivity contribution is -0.291. The van der Waals surface area contributed by atoms with Crippen LogP contribution in [0.1, 0.15) is 35.1 Å². The number of carboxylic acid groups (broad SMARTS) is 1. The third kappa shape index (κ3) is 6.68. The first-order valence-corrected chi connectivity index (χ1v) is 15.6. The number of aliphatic carboxylic acids is 1. The van der Waals surface area contributed by atoms with Crippen molar-refractivity contribution in [3.05, 3.63) is 77.4 Å². The quantitative estimate of drug-likeness (QED) is 0.0930. The van der Waals surface area contributed by atoms with Crippen molar-refractivity contribution in [1.29, 1.82) is 0 Å². The van der Waals surface area contributed by atoms with Crippen LogP contribution in [0.15, 0.2) is 60.7 Å². The van der Waals surface area contributed by atoms with Gasteiger partial charge in [0.2, 0.25) is 12.0 Å². The highest BCUT2D eigenvalue weighted by Gasteiger charge is 2.51. The molecule has 0 saturated carbocycles. The maximum Gasteiger partial charge on any atom is 0.317 e. The van der Waals surface area contributed by atoms with Gasteiger partial charge in [0, 0.05) is 23.6 Å². The Morgan fingerprint density at radius 1 is 0.898 bits per heavy atom. The molecule has 3 aliphatic heterocycles. The van der Waals surface area contributed by atoms with Crippen LogP contribution in [0.3, 0.4) is 0 Å². The van der Waals surface area contributed by atoms with E-state index in [9.17, 15) is 24.9 Å². The smallest absolute Gasteiger partial charge is 0.317 e. The number of rotatable bonds is 11. The zero-order chi connectivity index (χ0) is 35.0. The van der Waals surface area contributed by atoms with Gasteiger partial charge < -0.3 is 65.1 Å². The number of carbonyl (C=O) groups excluding carboxylic acids is 1. The largest absolute Gasteiger partial charge is 0.493 e. The SMILES string of the molecule is COc1ccc2c(c1OC)OC1c3ccc(OC4OC(C(OC(=O)CC(=O)O)C(N)N)C(O)C(O)C4O)cc3OC(Cc3ccccc3)C21. The van der Waals surface area contributed by atoms with Gasteiger partial charge in [-0.05, 0) is 23.8 Å². The van der Waals surface area contributed by atoms with Crippen molar-refractivity contribution in [1.82, 2.24) is 0 Å². The molecule has 0 amide bonds. The van der Waals surface area contributed by atoms with E-state index in [1.165, 1.54) is 0 Å². The molecule has 15 nitrogen and oxygen atoms in total. The molecule has 0 radical (unpaired) electrons. The zero-order valence-corrected chi connectivity index (χ0v) is 26.6. The van der Waals surface area contributed by atoms with E-state index in [0.717, 1.165) is 16.7 Å². The molecule has 9 atom stereocenters. The molecule has 1 fully saturated rings. The monoisotopic (exact) mass is 682 g/mol. The van der Waals surface area contributed by atoms with Crippen LogP contribution in [-0.4, -0.2) is 95.7 Å². The van der Waals surface area contributed by atoms with E-state index in [0.29, 0.717) is 29.4 Å². The number of methoxy groups -OCH3 is 2. The summed E-state index contributed by atoms with van der Waals surface area (Å²) >= 11 is 0. The molecule has 49 heavy (non-hydrogen) atoms. The average molecular weight is 683 g/mol. The van der Waals surface area contributed by atoms with Gasteiger partial charge in [-0.2, -0.15) is 0 Å². The second kappa shape index (κ2) is 14.1. The van der Waals surface area contributed by atoms with Crippen molar-refractivity contribution >= 4 is 11.9 Å². The number of carbonyl (C=O) groups is 2. The summed E-state index contributed by atoms with van der Waals surface area (Å²) in [5.74, 6) is -0.729. The van der Waals surface area contributed by atoms with Crippen LogP contribution in [0.4, 0.5) is 0 Å². The first-order chi connectivity index (χ1) is 23.5. The lowest BCUT2D eigenvalue weighted by Gasteiger charge is -2.43. The van der Waals surface area contributed by atoms with E-state index in [1.807, 2.05) is 42.5 Å². The molecular formula is C34H38N2O13. The number of nitrogens with two attached hydrogens (primary N) is 2. The van der Waals surface area contributed by atoms with Crippen molar-refractivity contribution in [3.8, 4) is 28.7 Å². The summed E-state index contributed by atoms with van der Waals surface area (Å²) in [5, 5.41) is 41.1. The van der Waals surface area contributed by atoms with E-state index in [1.54, 1.807) is 32.4 Å². The number of esters is 1. The standard InChI is InChI=1S/C34H38N2O13/c1-43-19-11-10-18-24-21(12-15-6-4-3-5-7-15)46-20-13-16(8-9-17(20)28(24)48-29(18)30(19)44-2)45-34-27(42)25(40)26(41)31(49-34)32(33(35)36)47-23(39)14-22(37)38/h3-11,13,21,24-28,31-34,40-42H,12,14,35-36H2,1-2H3,(H,37,38). The van der Waals surface area contributed by atoms with Crippen LogP contribution in [0.25, 0.3) is 0 Å². The summed E-state index contributed by atoms with van der Waals surface area (Å²) < 4.78 is 41.2. The third-order valence-corrected chi connectivity index (χ3v) is 8.84. The molecule has 6 rings (SSSR count). The molecule has 3 aliphatic rings. The first kappa shape index (κ1) is 34.2. The van der Waals surface area contributed by atoms with Gasteiger partial charge in [-0.3, -0.25) is 9.59 Å². The van der Waals surface area contributed by atoms with Crippen molar-refractivity contribution in [2.45, 2.75) is 73.9 Å². The van der Waals surface area contributed by atoms with Crippen LogP contribution in [0.2, 0.25) is 0 Å². The Kier molecular flexibility index (Phi) is 9.83. The van der Waals surface area contributed by atoms with Crippen LogP contribution in [-0.2, 0) is 25.5 Å². The Hall–Kier alpha value is -4.64. The Morgan fingerprint density at radius 2 is 1.63 bits per heavy atom. The number of aliphatic hydroxyl groups excluding tert-OH is 3. The van der Waals surface area contributed by atoms with Crippen LogP contribution in [0.5, 0.6) is 28.7 Å². The molecule has 1 saturated heterocycles. The van der Waals surface area contributed by atoms with Gasteiger partial charge in [-0.25, -0.2) is 0 Å². The molecule has 0 bridgehead atoms. The fraction of sp³-hybridized carbons (Fsp3) is 0.412. The summed E-state index contributed by atoms with van der Waals surface area (Å²) in [7, 11) is 3.10. The fourth-order valence-electron chi connectivity index (χ4n) is 6.55. The number of carboxylic acids is 1. The van der Waals surface area contributed by atoms with Crippen molar-refractivity contribution in [3.63, 3.8) is 0 Å². The first-order valence-electron chi connectivity index (χ1n) is 15.6. The summed E-state index contributed by atoms with van der Waals surface area (Å²) in [6.07, 6.45) is -13.0. The van der Waals surface area contributed by atoms with Crippen LogP contribution >= 0.6 is 0 Å². The molecule has 262 valence electrons. The van der Waals surface area contributed by atoms with E-state index in [4.69, 9.17) is 49.7 Å². The molecule has 3 aromatic rings. The minimum absolute atomic E-state index is 0.160. The number of hydrogen-bond acceptors (Lipinski definition) is 14. The number of hydrogen-bond donors (Lipinski definition) is 6. The molecule has 0 spiro atoms. The Balaban J connectivity index is 1.29. The maximum absolute atomic E-state index is 12.1. The number of fused-ring (bicyclic) bond motifs is 5. The zero-order valence-electron chi connectivity index (χ0n) is 26.6. The van der Waals surface area contributed by atoms with E-state index >= 15 is 0 Å². The van der Waals surface area contributed by atoms with Gasteiger partial charge in [-0.15, -0.1) is 0 Å². The minimum atomic E-state index is -1.84. The molecule has 3 heterocycles. The Bertz CT molecular complexity index is 1670. The predicted octanol–water partition coefficient (Wildman–Crippen LogP) is 0.741. The highest BCUT2D eigenvalue weighted by atomic mass is 16.7. The maximum atomic E-state index is 12.1. The lowest BCUT2D eigenvalue weighted by Crippen LogP contribution is -2.66. The Labute approximate surface area is 280 Å². The van der Waals surface area contributed by atoms with Gasteiger partial charge in [0.25, 0.3) is 0 Å². The van der Waals surface area contributed by atoms with E-state index < -0.39 is 67.4 Å². The molecular weight excluding hydrogens is 644 g/mol. The minimum Gasteiger partial charge on any atom is -0.493 e. The van der Waals surface area contributed by atoms with Gasteiger partial charge in [-0.1, -0.05) is 36.4 Å². The van der Waals surface area contributed by atoms with E-state index in [2.05, 4.69) is 0 Å². The molecule has 3 aromatic carbocycles. The highest BCUT2D eigenvalue weighted by Crippen LogP contribution is 2.58. The van der Waals surface area contributed by atoms with Gasteiger partial charge in [0.05, 0.1) is 26.3 Å². The average Bonchev–Trinajstić information content (AvgIpc) is 3.47. The molecule has 8 N–H and O–H groups in total. The number of aliphatic hydroxyl groups is 3. The lowest BCUT2D eigenvalue weighted by atomic mass is 9.81. The third-order valence-electron chi connectivity index (χ3n) is 8.84. The Morgan fingerprint density at radius 3 is 2.31 bits per heavy atom. The second-order valence-corrected chi connectivity index (χ2v) is 12.0. The molecule has 0 aliphatic carbocycles. The van der Waals surface area contributed by atoms with Gasteiger partial charge in [0.1, 0.15) is 54.5 Å². The normalized spacial score (nSPS) is 27.4. The molecule has 15 heteroatoms. The topological polar surface area (TPSA) is 232 Å². The van der Waals surface area contributed by atoms with Gasteiger partial charge in [0.15, 0.2) is 17.6 Å². The number of benzene rings is 3. The predicted molar refractivity (Wildman–Crippen MR) is 168 cm³/mol. The highest BCUT2D eigenvalue weighted by molar-refractivity contribution is 5.90. The summed E-state index contributed by atoms with van der Waals surface area (Å²) in [6, 6.07) is 18.6.